The fraction of sp³-hybridized carbons (Fsp3) is 0.350. The van der Waals surface area contributed by atoms with Gasteiger partial charge in [-0.15, -0.1) is 0 Å². The Kier molecular flexibility index (Phi) is 5.16. The van der Waals surface area contributed by atoms with E-state index >= 15 is 0 Å². The maximum atomic E-state index is 12.1. The molecule has 4 nitrogen and oxygen atoms in total. The highest BCUT2D eigenvalue weighted by molar-refractivity contribution is 5.91. The third-order valence-corrected chi connectivity index (χ3v) is 4.41. The number of nitrogens with one attached hydrogen (secondary N) is 1. The van der Waals surface area contributed by atoms with Crippen LogP contribution in [-0.4, -0.2) is 17.6 Å². The number of aliphatic hydroxyl groups is 1. The lowest BCUT2D eigenvalue weighted by Gasteiger charge is -2.23. The molecule has 0 spiro atoms. The molecule has 0 unspecified atom stereocenters. The Morgan fingerprint density at radius 1 is 1.29 bits per heavy atom. The van der Waals surface area contributed by atoms with Crippen LogP contribution in [0.3, 0.4) is 0 Å². The minimum absolute atomic E-state index is 0.0388. The van der Waals surface area contributed by atoms with Crippen LogP contribution in [-0.2, 0) is 17.6 Å². The van der Waals surface area contributed by atoms with Crippen molar-refractivity contribution in [2.24, 2.45) is 0 Å². The van der Waals surface area contributed by atoms with Crippen LogP contribution in [0.5, 0.6) is 5.75 Å². The molecule has 24 heavy (non-hydrogen) atoms. The van der Waals surface area contributed by atoms with Gasteiger partial charge in [0.2, 0.25) is 0 Å². The lowest BCUT2D eigenvalue weighted by molar-refractivity contribution is -0.118. The molecule has 0 aliphatic heterocycles. The molecule has 0 aromatic heterocycles. The van der Waals surface area contributed by atoms with E-state index < -0.39 is 6.10 Å². The Morgan fingerprint density at radius 2 is 2.12 bits per heavy atom. The highest BCUT2D eigenvalue weighted by Gasteiger charge is 2.21. The Hall–Kier alpha value is -2.33. The lowest BCUT2D eigenvalue weighted by Crippen LogP contribution is -2.21. The van der Waals surface area contributed by atoms with Gasteiger partial charge in [0, 0.05) is 5.69 Å². The summed E-state index contributed by atoms with van der Waals surface area (Å²) in [5, 5.41) is 12.9. The first-order chi connectivity index (χ1) is 11.7. The van der Waals surface area contributed by atoms with Gasteiger partial charge in [0.25, 0.3) is 5.91 Å². The zero-order valence-corrected chi connectivity index (χ0v) is 13.9. The highest BCUT2D eigenvalue weighted by Crippen LogP contribution is 2.35. The second kappa shape index (κ2) is 7.49. The highest BCUT2D eigenvalue weighted by atomic mass is 16.5. The number of carbonyl (C=O) groups is 1. The predicted octanol–water partition coefficient (Wildman–Crippen LogP) is 3.64. The summed E-state index contributed by atoms with van der Waals surface area (Å²) in [7, 11) is 0. The fourth-order valence-corrected chi connectivity index (χ4v) is 3.13. The summed E-state index contributed by atoms with van der Waals surface area (Å²) < 4.78 is 5.72. The third kappa shape index (κ3) is 3.77. The lowest BCUT2D eigenvalue weighted by atomic mass is 9.89. The molecule has 3 rings (SSSR count). The van der Waals surface area contributed by atoms with Crippen LogP contribution in [0.25, 0.3) is 0 Å². The molecule has 126 valence electrons. The second-order valence-electron chi connectivity index (χ2n) is 6.12. The van der Waals surface area contributed by atoms with Crippen LogP contribution >= 0.6 is 0 Å². The van der Waals surface area contributed by atoms with Gasteiger partial charge in [0.1, 0.15) is 5.75 Å². The van der Waals surface area contributed by atoms with Gasteiger partial charge in [0.05, 0.1) is 6.10 Å². The molecule has 2 aromatic rings. The van der Waals surface area contributed by atoms with E-state index in [0.29, 0.717) is 5.75 Å². The van der Waals surface area contributed by atoms with Crippen LogP contribution in [0.15, 0.2) is 42.5 Å². The van der Waals surface area contributed by atoms with E-state index in [-0.39, 0.29) is 12.5 Å². The maximum absolute atomic E-state index is 12.1. The van der Waals surface area contributed by atoms with E-state index in [1.807, 2.05) is 42.5 Å². The number of ether oxygens (including phenoxy) is 1. The van der Waals surface area contributed by atoms with Crippen molar-refractivity contribution in [3.63, 3.8) is 0 Å². The second-order valence-corrected chi connectivity index (χ2v) is 6.12. The molecule has 2 N–H and O–H groups in total. The van der Waals surface area contributed by atoms with Crippen LogP contribution in [0.4, 0.5) is 5.69 Å². The fourth-order valence-electron chi connectivity index (χ4n) is 3.13. The number of carbonyl (C=O) groups excluding carboxylic acids is 1. The number of hydrogen-bond acceptors (Lipinski definition) is 3. The molecular formula is C20H23NO3. The van der Waals surface area contributed by atoms with Crippen molar-refractivity contribution in [3.8, 4) is 5.75 Å². The number of rotatable bonds is 5. The summed E-state index contributed by atoms with van der Waals surface area (Å²) in [5.74, 6) is 0.515. The average Bonchev–Trinajstić information content (AvgIpc) is 2.60. The number of fused-ring (bicyclic) bond motifs is 1. The summed E-state index contributed by atoms with van der Waals surface area (Å²) in [6.07, 6.45) is 3.10. The van der Waals surface area contributed by atoms with Gasteiger partial charge in [-0.3, -0.25) is 4.79 Å². The Morgan fingerprint density at radius 3 is 2.96 bits per heavy atom. The number of aliphatic hydroxyl groups excluding tert-OH is 1. The van der Waals surface area contributed by atoms with Crippen molar-refractivity contribution in [1.29, 1.82) is 0 Å². The van der Waals surface area contributed by atoms with Gasteiger partial charge >= 0.3 is 0 Å². The molecule has 0 fully saturated rings. The van der Waals surface area contributed by atoms with Crippen molar-refractivity contribution < 1.29 is 14.6 Å². The van der Waals surface area contributed by atoms with Gasteiger partial charge < -0.3 is 15.2 Å². The molecule has 0 saturated carbocycles. The smallest absolute Gasteiger partial charge is 0.262 e. The van der Waals surface area contributed by atoms with Gasteiger partial charge in [0.15, 0.2) is 6.61 Å². The Bertz CT molecular complexity index is 727. The summed E-state index contributed by atoms with van der Waals surface area (Å²) in [4.78, 5) is 12.1. The van der Waals surface area contributed by atoms with E-state index in [0.717, 1.165) is 42.5 Å². The van der Waals surface area contributed by atoms with Crippen LogP contribution in [0.1, 0.15) is 42.6 Å². The average molecular weight is 325 g/mol. The first-order valence-electron chi connectivity index (χ1n) is 8.49. The van der Waals surface area contributed by atoms with Crippen LogP contribution < -0.4 is 10.1 Å². The Labute approximate surface area is 142 Å². The Balaban J connectivity index is 1.63. The molecule has 1 amide bonds. The number of aryl methyl sites for hydroxylation is 1. The normalized spacial score (nSPS) is 16.3. The molecular weight excluding hydrogens is 302 g/mol. The maximum Gasteiger partial charge on any atom is 0.262 e. The summed E-state index contributed by atoms with van der Waals surface area (Å²) in [6, 6.07) is 13.5. The molecule has 0 saturated heterocycles. The summed E-state index contributed by atoms with van der Waals surface area (Å²) in [5.41, 5.74) is 3.92. The van der Waals surface area contributed by atoms with E-state index in [4.69, 9.17) is 4.74 Å². The zero-order chi connectivity index (χ0) is 16.9. The van der Waals surface area contributed by atoms with Crippen molar-refractivity contribution in [1.82, 2.24) is 0 Å². The molecule has 0 bridgehead atoms. The van der Waals surface area contributed by atoms with Crippen LogP contribution in [0.2, 0.25) is 0 Å². The molecule has 0 radical (unpaired) electrons. The molecule has 4 heteroatoms. The van der Waals surface area contributed by atoms with Gasteiger partial charge in [-0.2, -0.15) is 0 Å². The number of benzene rings is 2. The zero-order valence-electron chi connectivity index (χ0n) is 13.9. The standard InChI is InChI=1S/C20H23NO3/c1-2-14-6-3-7-15(12-14)21-20(23)13-24-19-11-5-8-16-17(19)9-4-10-18(16)22/h3,5-8,11-12,18,22H,2,4,9-10,13H2,1H3,(H,21,23)/t18-/m0/s1. The third-order valence-electron chi connectivity index (χ3n) is 4.41. The van der Waals surface area contributed by atoms with E-state index in [1.54, 1.807) is 0 Å². The number of anilines is 1. The van der Waals surface area contributed by atoms with Crippen molar-refractivity contribution in [3.05, 3.63) is 59.2 Å². The van der Waals surface area contributed by atoms with Crippen molar-refractivity contribution in [2.75, 3.05) is 11.9 Å². The molecule has 1 aliphatic rings. The number of amides is 1. The van der Waals surface area contributed by atoms with E-state index in [2.05, 4.69) is 12.2 Å². The molecule has 2 aromatic carbocycles. The summed E-state index contributed by atoms with van der Waals surface area (Å²) >= 11 is 0. The molecule has 1 aliphatic carbocycles. The molecule has 1 atom stereocenters. The SMILES string of the molecule is CCc1cccc(NC(=O)COc2cccc3c2CCC[C@@H]3O)c1. The topological polar surface area (TPSA) is 58.6 Å². The van der Waals surface area contributed by atoms with Crippen LogP contribution in [0, 0.1) is 0 Å². The quantitative estimate of drug-likeness (QED) is 0.882. The van der Waals surface area contributed by atoms with Crippen molar-refractivity contribution >= 4 is 11.6 Å². The van der Waals surface area contributed by atoms with E-state index in [1.165, 1.54) is 5.56 Å². The minimum Gasteiger partial charge on any atom is -0.483 e. The molecule has 0 heterocycles. The first kappa shape index (κ1) is 16.5. The van der Waals surface area contributed by atoms with Gasteiger partial charge in [-0.1, -0.05) is 31.2 Å². The van der Waals surface area contributed by atoms with Gasteiger partial charge in [-0.25, -0.2) is 0 Å². The number of hydrogen-bond donors (Lipinski definition) is 2. The largest absolute Gasteiger partial charge is 0.483 e. The summed E-state index contributed by atoms with van der Waals surface area (Å²) in [6.45, 7) is 2.04. The van der Waals surface area contributed by atoms with Crippen molar-refractivity contribution in [2.45, 2.75) is 38.7 Å². The van der Waals surface area contributed by atoms with Gasteiger partial charge in [-0.05, 0) is 60.6 Å². The first-order valence-corrected chi connectivity index (χ1v) is 8.49. The monoisotopic (exact) mass is 325 g/mol. The minimum atomic E-state index is -0.428. The predicted molar refractivity (Wildman–Crippen MR) is 94.3 cm³/mol. The van der Waals surface area contributed by atoms with E-state index in [9.17, 15) is 9.90 Å².